The van der Waals surface area contributed by atoms with E-state index < -0.39 is 48.4 Å². The number of halogens is 6. The first-order valence-corrected chi connectivity index (χ1v) is 10.2. The van der Waals surface area contributed by atoms with E-state index >= 15 is 0 Å². The molecule has 12 heteroatoms. The number of fused-ring (bicyclic) bond motifs is 1. The molecule has 1 aromatic heterocycles. The monoisotopic (exact) mass is 489 g/mol. The fourth-order valence-corrected chi connectivity index (χ4v) is 3.30. The highest BCUT2D eigenvalue weighted by atomic mass is 19.4. The van der Waals surface area contributed by atoms with Gasteiger partial charge in [-0.25, -0.2) is 4.98 Å². The van der Waals surface area contributed by atoms with Crippen LogP contribution in [0.5, 0.6) is 0 Å². The molecular formula is C22H21F6N3O3. The number of alkyl halides is 6. The molecule has 1 heterocycles. The van der Waals surface area contributed by atoms with Crippen molar-refractivity contribution < 1.29 is 40.7 Å². The molecule has 0 spiro atoms. The third kappa shape index (κ3) is 6.69. The number of carbonyl (C=O) groups is 2. The first kappa shape index (κ1) is 25.5. The number of benzene rings is 1. The number of ether oxygens (including phenoxy) is 1. The molecule has 1 fully saturated rings. The molecule has 0 saturated heterocycles. The van der Waals surface area contributed by atoms with Gasteiger partial charge in [-0.05, 0) is 37.1 Å². The third-order valence-electron chi connectivity index (χ3n) is 5.29. The van der Waals surface area contributed by atoms with Crippen LogP contribution in [-0.4, -0.2) is 42.2 Å². The van der Waals surface area contributed by atoms with Gasteiger partial charge in [-0.3, -0.25) is 9.59 Å². The van der Waals surface area contributed by atoms with Crippen LogP contribution in [0.3, 0.4) is 0 Å². The van der Waals surface area contributed by atoms with Crippen molar-refractivity contribution in [3.63, 3.8) is 0 Å². The summed E-state index contributed by atoms with van der Waals surface area (Å²) in [6.07, 6.45) is -9.52. The fourth-order valence-electron chi connectivity index (χ4n) is 3.30. The zero-order valence-corrected chi connectivity index (χ0v) is 17.7. The van der Waals surface area contributed by atoms with Crippen LogP contribution in [0.25, 0.3) is 10.9 Å². The highest BCUT2D eigenvalue weighted by molar-refractivity contribution is 5.95. The number of aromatic nitrogens is 1. The summed E-state index contributed by atoms with van der Waals surface area (Å²) >= 11 is 0. The minimum Gasteiger partial charge on any atom is -0.368 e. The van der Waals surface area contributed by atoms with Gasteiger partial charge in [-0.15, -0.1) is 0 Å². The minimum absolute atomic E-state index is 0.00738. The fraction of sp³-hybridized carbons (Fsp3) is 0.409. The Bertz CT molecular complexity index is 1080. The maximum absolute atomic E-state index is 12.8. The van der Waals surface area contributed by atoms with Crippen LogP contribution in [0.1, 0.15) is 35.3 Å². The van der Waals surface area contributed by atoms with Crippen molar-refractivity contribution in [2.45, 2.75) is 37.7 Å². The van der Waals surface area contributed by atoms with Gasteiger partial charge in [0.25, 0.3) is 5.91 Å². The Balaban J connectivity index is 1.39. The maximum Gasteiger partial charge on any atom is 0.416 e. The lowest BCUT2D eigenvalue weighted by Crippen LogP contribution is -2.42. The van der Waals surface area contributed by atoms with Gasteiger partial charge < -0.3 is 15.4 Å². The second kappa shape index (κ2) is 10.00. The Hall–Kier alpha value is -3.15. The summed E-state index contributed by atoms with van der Waals surface area (Å²) < 4.78 is 80.8. The lowest BCUT2D eigenvalue weighted by atomic mass is 9.82. The van der Waals surface area contributed by atoms with Crippen molar-refractivity contribution in [3.05, 3.63) is 53.9 Å². The molecule has 1 aromatic carbocycles. The number of rotatable bonds is 8. The summed E-state index contributed by atoms with van der Waals surface area (Å²) in [5, 5.41) is 5.24. The molecule has 0 bridgehead atoms. The third-order valence-corrected chi connectivity index (χ3v) is 5.29. The van der Waals surface area contributed by atoms with Crippen molar-refractivity contribution in [1.29, 1.82) is 0 Å². The number of pyridine rings is 1. The summed E-state index contributed by atoms with van der Waals surface area (Å²) in [6.45, 7) is 3.32. The summed E-state index contributed by atoms with van der Waals surface area (Å²) in [4.78, 5) is 28.1. The van der Waals surface area contributed by atoms with E-state index in [0.717, 1.165) is 12.1 Å². The van der Waals surface area contributed by atoms with Gasteiger partial charge in [-0.1, -0.05) is 12.6 Å². The Morgan fingerprint density at radius 2 is 1.79 bits per heavy atom. The number of nitrogens with one attached hydrogen (secondary N) is 2. The molecule has 1 saturated carbocycles. The first-order chi connectivity index (χ1) is 15.8. The van der Waals surface area contributed by atoms with Crippen molar-refractivity contribution in [2.75, 3.05) is 13.2 Å². The largest absolute Gasteiger partial charge is 0.416 e. The molecule has 1 aliphatic carbocycles. The van der Waals surface area contributed by atoms with Gasteiger partial charge in [0.1, 0.15) is 12.3 Å². The molecule has 34 heavy (non-hydrogen) atoms. The van der Waals surface area contributed by atoms with E-state index in [1.165, 1.54) is 18.2 Å². The van der Waals surface area contributed by atoms with Gasteiger partial charge in [0.15, 0.2) is 0 Å². The zero-order chi connectivity index (χ0) is 25.1. The molecule has 0 atom stereocenters. The number of nitrogens with zero attached hydrogens (tertiary/aromatic N) is 1. The van der Waals surface area contributed by atoms with Gasteiger partial charge in [-0.2, -0.15) is 26.3 Å². The normalized spacial score (nSPS) is 18.3. The highest BCUT2D eigenvalue weighted by Gasteiger charge is 2.48. The molecule has 2 N–H and O–H groups in total. The van der Waals surface area contributed by atoms with Crippen LogP contribution in [-0.2, 0) is 15.7 Å². The molecule has 6 nitrogen and oxygen atoms in total. The topological polar surface area (TPSA) is 80.3 Å². The predicted octanol–water partition coefficient (Wildman–Crippen LogP) is 4.36. The van der Waals surface area contributed by atoms with Gasteiger partial charge in [0, 0.05) is 24.0 Å². The van der Waals surface area contributed by atoms with E-state index in [4.69, 9.17) is 4.74 Å². The van der Waals surface area contributed by atoms with Gasteiger partial charge >= 0.3 is 12.4 Å². The molecular weight excluding hydrogens is 468 g/mol. The van der Waals surface area contributed by atoms with Gasteiger partial charge in [0.05, 0.1) is 23.1 Å². The van der Waals surface area contributed by atoms with Crippen LogP contribution in [0, 0.1) is 5.92 Å². The lowest BCUT2D eigenvalue weighted by molar-refractivity contribution is -0.219. The van der Waals surface area contributed by atoms with Crippen LogP contribution < -0.4 is 10.6 Å². The van der Waals surface area contributed by atoms with Gasteiger partial charge in [0.2, 0.25) is 5.91 Å². The van der Waals surface area contributed by atoms with E-state index in [9.17, 15) is 35.9 Å². The Labute approximate surface area is 190 Å². The summed E-state index contributed by atoms with van der Waals surface area (Å²) in [7, 11) is 0. The van der Waals surface area contributed by atoms with E-state index in [1.54, 1.807) is 0 Å². The SMILES string of the molecule is C=C(CCNC(=O)c1ccc2cc(C(F)(F)F)ccc2n1)NC(=O)CO[C@H]1C[C@@H](C(F)(F)F)C1. The van der Waals surface area contributed by atoms with Crippen LogP contribution >= 0.6 is 0 Å². The zero-order valence-electron chi connectivity index (χ0n) is 17.7. The van der Waals surface area contributed by atoms with E-state index in [1.807, 2.05) is 0 Å². The van der Waals surface area contributed by atoms with Crippen molar-refractivity contribution in [1.82, 2.24) is 15.6 Å². The van der Waals surface area contributed by atoms with E-state index in [0.29, 0.717) is 0 Å². The maximum atomic E-state index is 12.8. The Morgan fingerprint density at radius 1 is 1.09 bits per heavy atom. The lowest BCUT2D eigenvalue weighted by Gasteiger charge is -2.35. The number of hydrogen-bond acceptors (Lipinski definition) is 4. The van der Waals surface area contributed by atoms with Crippen molar-refractivity contribution in [2.24, 2.45) is 5.92 Å². The van der Waals surface area contributed by atoms with Crippen molar-refractivity contribution in [3.8, 4) is 0 Å². The summed E-state index contributed by atoms with van der Waals surface area (Å²) in [5.74, 6) is -2.52. The molecule has 1 aliphatic rings. The molecule has 184 valence electrons. The highest BCUT2D eigenvalue weighted by Crippen LogP contribution is 2.42. The van der Waals surface area contributed by atoms with Crippen LogP contribution in [0.4, 0.5) is 26.3 Å². The predicted molar refractivity (Wildman–Crippen MR) is 109 cm³/mol. The molecule has 0 radical (unpaired) electrons. The van der Waals surface area contributed by atoms with Crippen LogP contribution in [0.15, 0.2) is 42.6 Å². The molecule has 2 aromatic rings. The van der Waals surface area contributed by atoms with E-state index in [-0.39, 0.29) is 48.1 Å². The molecule has 0 unspecified atom stereocenters. The second-order valence-electron chi connectivity index (χ2n) is 7.90. The number of hydrogen-bond donors (Lipinski definition) is 2. The first-order valence-electron chi connectivity index (χ1n) is 10.2. The quantitative estimate of drug-likeness (QED) is 0.540. The smallest absolute Gasteiger partial charge is 0.368 e. The average Bonchev–Trinajstić information content (AvgIpc) is 2.70. The Kier molecular flexibility index (Phi) is 7.49. The number of amides is 2. The van der Waals surface area contributed by atoms with E-state index in [2.05, 4.69) is 22.2 Å². The Morgan fingerprint density at radius 3 is 2.44 bits per heavy atom. The number of carbonyl (C=O) groups excluding carboxylic acids is 2. The van der Waals surface area contributed by atoms with Crippen LogP contribution in [0.2, 0.25) is 0 Å². The second-order valence-corrected chi connectivity index (χ2v) is 7.90. The molecule has 3 rings (SSSR count). The molecule has 0 aliphatic heterocycles. The summed E-state index contributed by atoms with van der Waals surface area (Å²) in [5.41, 5.74) is -0.316. The minimum atomic E-state index is -4.48. The average molecular weight is 489 g/mol. The molecule has 2 amide bonds. The standard InChI is InChI=1S/C22H21F6N3O3/c1-12(30-19(32)11-34-16-9-15(10-16)22(26,27)28)6-7-29-20(33)18-4-2-13-8-14(21(23,24)25)3-5-17(13)31-18/h2-5,8,15-16H,1,6-7,9-11H2,(H,29,33)(H,30,32)/t15-,16+. The summed E-state index contributed by atoms with van der Waals surface area (Å²) in [6, 6.07) is 5.68. The van der Waals surface area contributed by atoms with Crippen molar-refractivity contribution >= 4 is 22.7 Å².